The molecule has 0 bridgehead atoms. The zero-order chi connectivity index (χ0) is 20.0. The summed E-state index contributed by atoms with van der Waals surface area (Å²) in [4.78, 5) is 36.6. The van der Waals surface area contributed by atoms with Crippen molar-refractivity contribution in [3.8, 4) is 5.75 Å². The van der Waals surface area contributed by atoms with Crippen LogP contribution in [0.5, 0.6) is 5.75 Å². The molecule has 0 saturated carbocycles. The number of hydrogen-bond donors (Lipinski definition) is 2. The van der Waals surface area contributed by atoms with Gasteiger partial charge in [-0.3, -0.25) is 14.4 Å². The van der Waals surface area contributed by atoms with E-state index in [4.69, 9.17) is 22.1 Å². The number of nitrogens with two attached hydrogens (primary N) is 1. The van der Waals surface area contributed by atoms with Crippen molar-refractivity contribution in [3.63, 3.8) is 0 Å². The molecule has 142 valence electrons. The van der Waals surface area contributed by atoms with Crippen LogP contribution in [0.2, 0.25) is 5.02 Å². The van der Waals surface area contributed by atoms with Crippen molar-refractivity contribution in [3.05, 3.63) is 58.9 Å². The van der Waals surface area contributed by atoms with Crippen molar-refractivity contribution < 1.29 is 23.5 Å². The van der Waals surface area contributed by atoms with Gasteiger partial charge >= 0.3 is 0 Å². The lowest BCUT2D eigenvalue weighted by molar-refractivity contribution is -0.135. The predicted molar refractivity (Wildman–Crippen MR) is 98.1 cm³/mol. The van der Waals surface area contributed by atoms with Crippen molar-refractivity contribution in [2.24, 2.45) is 5.73 Å². The number of halogens is 2. The number of primary amides is 1. The summed E-state index contributed by atoms with van der Waals surface area (Å²) in [6.07, 6.45) is 0. The number of benzene rings is 2. The third kappa shape index (κ3) is 5.96. The second-order valence-electron chi connectivity index (χ2n) is 5.60. The van der Waals surface area contributed by atoms with Gasteiger partial charge in [0.05, 0.1) is 12.1 Å². The third-order valence-electron chi connectivity index (χ3n) is 3.49. The number of nitrogens with zero attached hydrogens (tertiary/aromatic N) is 1. The van der Waals surface area contributed by atoms with E-state index in [1.807, 2.05) is 0 Å². The van der Waals surface area contributed by atoms with E-state index in [2.05, 4.69) is 5.32 Å². The maximum absolute atomic E-state index is 12.8. The van der Waals surface area contributed by atoms with E-state index < -0.39 is 30.1 Å². The van der Waals surface area contributed by atoms with Crippen LogP contribution in [0.25, 0.3) is 0 Å². The minimum atomic E-state index is -0.744. The molecule has 0 atom stereocenters. The number of carbonyl (C=O) groups excluding carboxylic acids is 3. The van der Waals surface area contributed by atoms with Crippen LogP contribution in [0, 0.1) is 5.82 Å². The van der Waals surface area contributed by atoms with Gasteiger partial charge in [-0.25, -0.2) is 4.39 Å². The molecule has 9 heteroatoms. The topological polar surface area (TPSA) is 102 Å². The van der Waals surface area contributed by atoms with Crippen LogP contribution in [0.3, 0.4) is 0 Å². The molecule has 0 aliphatic carbocycles. The fraction of sp³-hybridized carbons (Fsp3) is 0.167. The number of rotatable bonds is 7. The summed E-state index contributed by atoms with van der Waals surface area (Å²) in [5.74, 6) is -2.00. The lowest BCUT2D eigenvalue weighted by Gasteiger charge is -2.17. The zero-order valence-electron chi connectivity index (χ0n) is 14.4. The van der Waals surface area contributed by atoms with E-state index >= 15 is 0 Å². The Hall–Kier alpha value is -3.13. The summed E-state index contributed by atoms with van der Waals surface area (Å²) in [5, 5.41) is 2.85. The first-order valence-corrected chi connectivity index (χ1v) is 8.15. The van der Waals surface area contributed by atoms with Gasteiger partial charge in [-0.2, -0.15) is 0 Å². The van der Waals surface area contributed by atoms with E-state index in [1.54, 1.807) is 0 Å². The predicted octanol–water partition coefficient (Wildman–Crippen LogP) is 2.05. The van der Waals surface area contributed by atoms with Gasteiger partial charge in [-0.1, -0.05) is 11.6 Å². The molecule has 0 aliphatic rings. The molecule has 0 saturated heterocycles. The second-order valence-corrected chi connectivity index (χ2v) is 6.03. The van der Waals surface area contributed by atoms with Crippen LogP contribution >= 0.6 is 11.6 Å². The van der Waals surface area contributed by atoms with Crippen LogP contribution in [0.15, 0.2) is 42.5 Å². The Morgan fingerprint density at radius 3 is 2.48 bits per heavy atom. The molecule has 2 aromatic carbocycles. The molecular weight excluding hydrogens is 377 g/mol. The molecule has 0 radical (unpaired) electrons. The minimum Gasteiger partial charge on any atom is -0.483 e. The van der Waals surface area contributed by atoms with Crippen molar-refractivity contribution >= 4 is 35.0 Å². The summed E-state index contributed by atoms with van der Waals surface area (Å²) in [5.41, 5.74) is 5.71. The molecule has 2 aromatic rings. The van der Waals surface area contributed by atoms with Gasteiger partial charge in [0.15, 0.2) is 6.61 Å². The number of likely N-dealkylation sites (N-methyl/N-ethyl adjacent to an activating group) is 1. The number of ether oxygens (including phenoxy) is 1. The first kappa shape index (κ1) is 20.2. The molecule has 0 aliphatic heterocycles. The van der Waals surface area contributed by atoms with E-state index in [1.165, 1.54) is 49.5 Å². The number of carbonyl (C=O) groups is 3. The zero-order valence-corrected chi connectivity index (χ0v) is 15.1. The summed E-state index contributed by atoms with van der Waals surface area (Å²) in [7, 11) is 1.42. The van der Waals surface area contributed by atoms with Crippen LogP contribution in [0.4, 0.5) is 10.1 Å². The molecule has 2 rings (SSSR count). The van der Waals surface area contributed by atoms with Crippen molar-refractivity contribution in [2.45, 2.75) is 0 Å². The summed E-state index contributed by atoms with van der Waals surface area (Å²) in [6, 6.07) is 9.49. The number of anilines is 1. The quantitative estimate of drug-likeness (QED) is 0.751. The standard InChI is InChI=1S/C18H17ClFN3O4/c1-23(9-16(24)22-13-5-3-12(20)4-6-13)17(25)10-27-15-7-2-11(19)8-14(15)18(21)26/h2-8H,9-10H2,1H3,(H2,21,26)(H,22,24). The van der Waals surface area contributed by atoms with E-state index in [-0.39, 0.29) is 17.9 Å². The van der Waals surface area contributed by atoms with Crippen LogP contribution < -0.4 is 15.8 Å². The highest BCUT2D eigenvalue weighted by atomic mass is 35.5. The van der Waals surface area contributed by atoms with E-state index in [0.717, 1.165) is 4.90 Å². The maximum atomic E-state index is 12.8. The summed E-state index contributed by atoms with van der Waals surface area (Å²) < 4.78 is 18.2. The van der Waals surface area contributed by atoms with Gasteiger partial charge in [-0.05, 0) is 42.5 Å². The fourth-order valence-electron chi connectivity index (χ4n) is 2.11. The van der Waals surface area contributed by atoms with Crippen LogP contribution in [-0.2, 0) is 9.59 Å². The molecule has 27 heavy (non-hydrogen) atoms. The SMILES string of the molecule is CN(CC(=O)Nc1ccc(F)cc1)C(=O)COc1ccc(Cl)cc1C(N)=O. The maximum Gasteiger partial charge on any atom is 0.260 e. The highest BCUT2D eigenvalue weighted by Crippen LogP contribution is 2.22. The van der Waals surface area contributed by atoms with Gasteiger partial charge in [0.2, 0.25) is 5.91 Å². The molecule has 3 N–H and O–H groups in total. The molecule has 3 amide bonds. The monoisotopic (exact) mass is 393 g/mol. The average molecular weight is 394 g/mol. The molecule has 7 nitrogen and oxygen atoms in total. The Morgan fingerprint density at radius 1 is 1.19 bits per heavy atom. The fourth-order valence-corrected chi connectivity index (χ4v) is 2.28. The van der Waals surface area contributed by atoms with Gasteiger partial charge in [0, 0.05) is 17.8 Å². The van der Waals surface area contributed by atoms with Crippen molar-refractivity contribution in [1.29, 1.82) is 0 Å². The van der Waals surface area contributed by atoms with Crippen LogP contribution in [0.1, 0.15) is 10.4 Å². The molecular formula is C18H17ClFN3O4. The lowest BCUT2D eigenvalue weighted by Crippen LogP contribution is -2.37. The number of nitrogens with one attached hydrogen (secondary N) is 1. The number of amides is 3. The minimum absolute atomic E-state index is 0.0482. The molecule has 0 heterocycles. The molecule has 0 unspecified atom stereocenters. The largest absolute Gasteiger partial charge is 0.483 e. The molecule has 0 fully saturated rings. The van der Waals surface area contributed by atoms with Gasteiger partial charge in [0.1, 0.15) is 11.6 Å². The Labute approximate surface area is 159 Å². The van der Waals surface area contributed by atoms with E-state index in [0.29, 0.717) is 10.7 Å². The van der Waals surface area contributed by atoms with Crippen molar-refractivity contribution in [1.82, 2.24) is 4.90 Å². The third-order valence-corrected chi connectivity index (χ3v) is 3.73. The molecule has 0 spiro atoms. The Balaban J connectivity index is 1.89. The van der Waals surface area contributed by atoms with Gasteiger partial charge < -0.3 is 20.7 Å². The first-order valence-electron chi connectivity index (χ1n) is 7.78. The van der Waals surface area contributed by atoms with E-state index in [9.17, 15) is 18.8 Å². The normalized spacial score (nSPS) is 10.2. The average Bonchev–Trinajstić information content (AvgIpc) is 2.62. The first-order chi connectivity index (χ1) is 12.8. The number of hydrogen-bond acceptors (Lipinski definition) is 4. The second kappa shape index (κ2) is 9.00. The summed E-state index contributed by atoms with van der Waals surface area (Å²) >= 11 is 5.80. The molecule has 0 aromatic heterocycles. The summed E-state index contributed by atoms with van der Waals surface area (Å²) in [6.45, 7) is -0.634. The van der Waals surface area contributed by atoms with Gasteiger partial charge in [-0.15, -0.1) is 0 Å². The Bertz CT molecular complexity index is 858. The van der Waals surface area contributed by atoms with Crippen LogP contribution in [-0.4, -0.2) is 42.8 Å². The Morgan fingerprint density at radius 2 is 1.85 bits per heavy atom. The highest BCUT2D eigenvalue weighted by molar-refractivity contribution is 6.31. The highest BCUT2D eigenvalue weighted by Gasteiger charge is 2.16. The lowest BCUT2D eigenvalue weighted by atomic mass is 10.2. The smallest absolute Gasteiger partial charge is 0.260 e. The van der Waals surface area contributed by atoms with Gasteiger partial charge in [0.25, 0.3) is 11.8 Å². The Kier molecular flexibility index (Phi) is 6.73. The van der Waals surface area contributed by atoms with Crippen molar-refractivity contribution in [2.75, 3.05) is 25.5 Å².